The SMILES string of the molecule is C[C@@](CO)(C[C@H](N)Cc1ccc(-c2cc(Cl)cc(COc3cc(C(=O)O)on3)c2)cc1)C(=O)O. The molecule has 0 aliphatic heterocycles. The minimum Gasteiger partial charge on any atom is -0.481 e. The van der Waals surface area contributed by atoms with Gasteiger partial charge >= 0.3 is 11.9 Å². The number of aliphatic carboxylic acids is 1. The number of carbonyl (C=O) groups is 2. The van der Waals surface area contributed by atoms with Gasteiger partial charge in [-0.3, -0.25) is 4.79 Å². The summed E-state index contributed by atoms with van der Waals surface area (Å²) in [6.07, 6.45) is 0.617. The van der Waals surface area contributed by atoms with Crippen LogP contribution >= 0.6 is 11.6 Å². The van der Waals surface area contributed by atoms with Crippen molar-refractivity contribution < 1.29 is 34.2 Å². The average Bonchev–Trinajstić information content (AvgIpc) is 3.27. The van der Waals surface area contributed by atoms with E-state index in [4.69, 9.17) is 27.2 Å². The molecule has 0 spiro atoms. The van der Waals surface area contributed by atoms with Crippen LogP contribution in [-0.4, -0.2) is 45.1 Å². The highest BCUT2D eigenvalue weighted by Gasteiger charge is 2.34. The van der Waals surface area contributed by atoms with E-state index >= 15 is 0 Å². The summed E-state index contributed by atoms with van der Waals surface area (Å²) in [5.74, 6) is -2.57. The van der Waals surface area contributed by atoms with Crippen molar-refractivity contribution in [3.63, 3.8) is 0 Å². The van der Waals surface area contributed by atoms with E-state index in [1.807, 2.05) is 36.4 Å². The minimum atomic E-state index is -1.28. The van der Waals surface area contributed by atoms with Gasteiger partial charge < -0.3 is 30.3 Å². The molecule has 0 unspecified atom stereocenters. The van der Waals surface area contributed by atoms with Crippen molar-refractivity contribution in [3.05, 3.63) is 70.4 Å². The van der Waals surface area contributed by atoms with E-state index < -0.39 is 30.0 Å². The molecule has 0 radical (unpaired) electrons. The number of carboxylic acid groups (broad SMARTS) is 2. The van der Waals surface area contributed by atoms with Gasteiger partial charge in [0.2, 0.25) is 5.76 Å². The van der Waals surface area contributed by atoms with Gasteiger partial charge in [-0.15, -0.1) is 0 Å². The van der Waals surface area contributed by atoms with Crippen molar-refractivity contribution in [1.29, 1.82) is 0 Å². The molecule has 0 bridgehead atoms. The third kappa shape index (κ3) is 6.34. The smallest absolute Gasteiger partial charge is 0.374 e. The molecule has 0 amide bonds. The number of nitrogens with zero attached hydrogens (tertiary/aromatic N) is 1. The van der Waals surface area contributed by atoms with Crippen molar-refractivity contribution in [3.8, 4) is 17.0 Å². The molecule has 0 saturated heterocycles. The molecule has 3 aromatic rings. The molecule has 2 atom stereocenters. The van der Waals surface area contributed by atoms with Gasteiger partial charge in [-0.2, -0.15) is 0 Å². The molecule has 9 nitrogen and oxygen atoms in total. The Labute approximate surface area is 200 Å². The van der Waals surface area contributed by atoms with Crippen LogP contribution in [-0.2, 0) is 17.8 Å². The van der Waals surface area contributed by atoms with Crippen molar-refractivity contribution in [2.75, 3.05) is 6.61 Å². The lowest BCUT2D eigenvalue weighted by Gasteiger charge is -2.25. The Morgan fingerprint density at radius 2 is 1.82 bits per heavy atom. The highest BCUT2D eigenvalue weighted by Crippen LogP contribution is 2.27. The molecular weight excluding hydrogens is 464 g/mol. The van der Waals surface area contributed by atoms with E-state index in [0.29, 0.717) is 11.4 Å². The first-order valence-electron chi connectivity index (χ1n) is 10.4. The fourth-order valence-electron chi connectivity index (χ4n) is 3.49. The van der Waals surface area contributed by atoms with Crippen molar-refractivity contribution in [2.45, 2.75) is 32.4 Å². The molecule has 0 aliphatic carbocycles. The molecular formula is C24H25ClN2O7. The number of aliphatic hydroxyl groups excluding tert-OH is 1. The number of aromatic carboxylic acids is 1. The predicted molar refractivity (Wildman–Crippen MR) is 124 cm³/mol. The zero-order chi connectivity index (χ0) is 24.9. The van der Waals surface area contributed by atoms with Gasteiger partial charge in [0.25, 0.3) is 5.88 Å². The normalized spacial score (nSPS) is 13.8. The molecule has 10 heteroatoms. The molecule has 0 saturated carbocycles. The molecule has 0 fully saturated rings. The van der Waals surface area contributed by atoms with Crippen LogP contribution in [0.2, 0.25) is 5.02 Å². The van der Waals surface area contributed by atoms with Gasteiger partial charge in [-0.05, 0) is 65.4 Å². The van der Waals surface area contributed by atoms with E-state index in [2.05, 4.69) is 9.68 Å². The summed E-state index contributed by atoms with van der Waals surface area (Å²) in [6.45, 7) is 1.11. The van der Waals surface area contributed by atoms with E-state index in [1.54, 1.807) is 6.07 Å². The maximum Gasteiger partial charge on any atom is 0.374 e. The molecule has 3 rings (SSSR count). The van der Waals surface area contributed by atoms with Crippen LogP contribution in [0.3, 0.4) is 0 Å². The van der Waals surface area contributed by atoms with Crippen LogP contribution in [0.1, 0.15) is 35.0 Å². The Morgan fingerprint density at radius 1 is 1.12 bits per heavy atom. The summed E-state index contributed by atoms with van der Waals surface area (Å²) in [5.41, 5.74) is 8.32. The number of rotatable bonds is 11. The summed E-state index contributed by atoms with van der Waals surface area (Å²) in [7, 11) is 0. The third-order valence-corrected chi connectivity index (χ3v) is 5.62. The number of hydrogen-bond donors (Lipinski definition) is 4. The first kappa shape index (κ1) is 25.2. The Hall–Kier alpha value is -3.40. The Bertz CT molecular complexity index is 1160. The van der Waals surface area contributed by atoms with Gasteiger partial charge in [0, 0.05) is 11.1 Å². The maximum atomic E-state index is 11.4. The summed E-state index contributed by atoms with van der Waals surface area (Å²) in [5, 5.41) is 31.7. The van der Waals surface area contributed by atoms with E-state index in [-0.39, 0.29) is 24.7 Å². The van der Waals surface area contributed by atoms with Crippen LogP contribution in [0.25, 0.3) is 11.1 Å². The van der Waals surface area contributed by atoms with Crippen molar-refractivity contribution >= 4 is 23.5 Å². The van der Waals surface area contributed by atoms with E-state index in [0.717, 1.165) is 22.3 Å². The average molecular weight is 489 g/mol. The number of hydrogen-bond acceptors (Lipinski definition) is 7. The van der Waals surface area contributed by atoms with Crippen LogP contribution in [0.15, 0.2) is 53.1 Å². The summed E-state index contributed by atoms with van der Waals surface area (Å²) >= 11 is 6.28. The zero-order valence-corrected chi connectivity index (χ0v) is 19.2. The van der Waals surface area contributed by atoms with Gasteiger partial charge in [0.15, 0.2) is 0 Å². The lowest BCUT2D eigenvalue weighted by molar-refractivity contribution is -0.151. The third-order valence-electron chi connectivity index (χ3n) is 5.41. The van der Waals surface area contributed by atoms with E-state index in [9.17, 15) is 19.8 Å². The first-order chi connectivity index (χ1) is 16.1. The summed E-state index contributed by atoms with van der Waals surface area (Å²) in [6, 6.07) is 13.8. The largest absolute Gasteiger partial charge is 0.481 e. The monoisotopic (exact) mass is 488 g/mol. The predicted octanol–water partition coefficient (Wildman–Crippen LogP) is 3.62. The fraction of sp³-hybridized carbons (Fsp3) is 0.292. The standard InChI is InChI=1S/C24H25ClN2O7/c1-24(13-28,23(31)32)11-19(26)8-14-2-4-16(5-3-14)17-6-15(7-18(25)9-17)12-33-21-10-20(22(29)30)34-27-21/h2-7,9-10,19,28H,8,11-13,26H2,1H3,(H,29,30)(H,31,32)/t19-,24+/m1/s1. The first-order valence-corrected chi connectivity index (χ1v) is 10.8. The number of benzene rings is 2. The lowest BCUT2D eigenvalue weighted by Crippen LogP contribution is -2.39. The second-order valence-electron chi connectivity index (χ2n) is 8.36. The van der Waals surface area contributed by atoms with Gasteiger partial charge in [0.05, 0.1) is 18.1 Å². The molecule has 180 valence electrons. The highest BCUT2D eigenvalue weighted by atomic mass is 35.5. The summed E-state index contributed by atoms with van der Waals surface area (Å²) < 4.78 is 10.2. The number of ether oxygens (including phenoxy) is 1. The molecule has 1 heterocycles. The van der Waals surface area contributed by atoms with Crippen molar-refractivity contribution in [2.24, 2.45) is 11.1 Å². The molecule has 34 heavy (non-hydrogen) atoms. The Kier molecular flexibility index (Phi) is 7.93. The minimum absolute atomic E-state index is 0.0554. The van der Waals surface area contributed by atoms with Crippen LogP contribution in [0.5, 0.6) is 5.88 Å². The van der Waals surface area contributed by atoms with Crippen LogP contribution in [0, 0.1) is 5.41 Å². The molecule has 2 aromatic carbocycles. The number of halogens is 1. The second kappa shape index (κ2) is 10.7. The van der Waals surface area contributed by atoms with Crippen LogP contribution in [0.4, 0.5) is 0 Å². The Balaban J connectivity index is 1.67. The fourth-order valence-corrected chi connectivity index (χ4v) is 3.75. The van der Waals surface area contributed by atoms with Gasteiger partial charge in [-0.1, -0.05) is 35.9 Å². The molecule has 1 aromatic heterocycles. The van der Waals surface area contributed by atoms with Crippen LogP contribution < -0.4 is 10.5 Å². The molecule has 5 N–H and O–H groups in total. The second-order valence-corrected chi connectivity index (χ2v) is 8.80. The number of carboxylic acids is 2. The van der Waals surface area contributed by atoms with Gasteiger partial charge in [-0.25, -0.2) is 4.79 Å². The molecule has 0 aliphatic rings. The quantitative estimate of drug-likeness (QED) is 0.316. The maximum absolute atomic E-state index is 11.4. The van der Waals surface area contributed by atoms with E-state index in [1.165, 1.54) is 13.0 Å². The number of aromatic nitrogens is 1. The summed E-state index contributed by atoms with van der Waals surface area (Å²) in [4.78, 5) is 22.3. The highest BCUT2D eigenvalue weighted by molar-refractivity contribution is 6.31. The van der Waals surface area contributed by atoms with Gasteiger partial charge in [0.1, 0.15) is 6.61 Å². The Morgan fingerprint density at radius 3 is 2.41 bits per heavy atom. The number of aliphatic hydroxyl groups is 1. The lowest BCUT2D eigenvalue weighted by atomic mass is 9.83. The topological polar surface area (TPSA) is 156 Å². The van der Waals surface area contributed by atoms with Crippen molar-refractivity contribution in [1.82, 2.24) is 5.16 Å². The number of nitrogens with two attached hydrogens (primary N) is 1. The zero-order valence-electron chi connectivity index (χ0n) is 18.4.